The summed E-state index contributed by atoms with van der Waals surface area (Å²) in [4.78, 5) is 25.5. The number of carbonyl (C=O) groups is 2. The molecular weight excluding hydrogens is 436 g/mol. The van der Waals surface area contributed by atoms with Crippen LogP contribution in [0.2, 0.25) is 0 Å². The van der Waals surface area contributed by atoms with Gasteiger partial charge in [0.05, 0.1) is 18.3 Å². The third-order valence-electron chi connectivity index (χ3n) is 11.0. The lowest BCUT2D eigenvalue weighted by Crippen LogP contribution is -2.69. The number of esters is 1. The van der Waals surface area contributed by atoms with Crippen molar-refractivity contribution in [1.29, 1.82) is 0 Å². The van der Waals surface area contributed by atoms with Crippen molar-refractivity contribution >= 4 is 11.8 Å². The third kappa shape index (κ3) is 2.62. The van der Waals surface area contributed by atoms with Gasteiger partial charge in [-0.1, -0.05) is 19.4 Å². The number of aliphatic hydroxyl groups excluding tert-OH is 2. The molecule has 0 aromatic heterocycles. The van der Waals surface area contributed by atoms with E-state index in [-0.39, 0.29) is 47.8 Å². The van der Waals surface area contributed by atoms with E-state index in [1.807, 2.05) is 6.92 Å². The summed E-state index contributed by atoms with van der Waals surface area (Å²) in [5.41, 5.74) is -1.49. The Kier molecular flexibility index (Phi) is 4.88. The van der Waals surface area contributed by atoms with Crippen molar-refractivity contribution in [2.24, 2.45) is 35.0 Å². The Balaban J connectivity index is 1.27. The quantitative estimate of drug-likeness (QED) is 0.425. The molecule has 3 saturated carbocycles. The maximum Gasteiger partial charge on any atom is 0.336 e. The number of ether oxygens (including phenoxy) is 2. The van der Waals surface area contributed by atoms with Gasteiger partial charge in [-0.15, -0.1) is 0 Å². The summed E-state index contributed by atoms with van der Waals surface area (Å²) in [6, 6.07) is 0. The Hall–Kier alpha value is -1.54. The molecule has 0 aromatic carbocycles. The molecule has 4 aliphatic carbocycles. The standard InChI is InChI=1S/C27H36O7/c1-13-10-20(33-24(31)16(13)12-28)14(2)17-4-5-18-15-11-23-27(34-23)22(30)7-6-21(29)26(27,32)19(15)8-9-25(17,18)3/h6-7,14-15,17-20,22-23,28,30,32H,4-5,8-12H2,1-3H3. The number of fused-ring (bicyclic) bond motifs is 4. The molecule has 11 atom stereocenters. The number of epoxide rings is 1. The normalized spacial score (nSPS) is 52.4. The van der Waals surface area contributed by atoms with Crippen molar-refractivity contribution in [3.63, 3.8) is 0 Å². The van der Waals surface area contributed by atoms with Crippen molar-refractivity contribution in [2.45, 2.75) is 88.8 Å². The topological polar surface area (TPSA) is 117 Å². The summed E-state index contributed by atoms with van der Waals surface area (Å²) in [5, 5.41) is 32.0. The average Bonchev–Trinajstić information content (AvgIpc) is 3.43. The lowest BCUT2D eigenvalue weighted by atomic mass is 9.47. The van der Waals surface area contributed by atoms with Gasteiger partial charge in [-0.3, -0.25) is 4.79 Å². The van der Waals surface area contributed by atoms with Gasteiger partial charge in [-0.25, -0.2) is 4.79 Å². The minimum atomic E-state index is -1.65. The monoisotopic (exact) mass is 472 g/mol. The first-order valence-electron chi connectivity index (χ1n) is 12.9. The largest absolute Gasteiger partial charge is 0.458 e. The smallest absolute Gasteiger partial charge is 0.336 e. The Morgan fingerprint density at radius 2 is 1.97 bits per heavy atom. The second kappa shape index (κ2) is 7.25. The van der Waals surface area contributed by atoms with E-state index in [1.54, 1.807) is 0 Å². The molecule has 34 heavy (non-hydrogen) atoms. The molecule has 2 heterocycles. The van der Waals surface area contributed by atoms with Crippen LogP contribution in [-0.2, 0) is 19.1 Å². The highest BCUT2D eigenvalue weighted by atomic mass is 16.6. The Morgan fingerprint density at radius 3 is 2.68 bits per heavy atom. The van der Waals surface area contributed by atoms with Crippen molar-refractivity contribution in [2.75, 3.05) is 6.61 Å². The zero-order valence-corrected chi connectivity index (χ0v) is 20.2. The summed E-state index contributed by atoms with van der Waals surface area (Å²) in [6.45, 7) is 6.17. The van der Waals surface area contributed by atoms with Crippen LogP contribution >= 0.6 is 0 Å². The van der Waals surface area contributed by atoms with E-state index in [1.165, 1.54) is 12.2 Å². The molecule has 6 rings (SSSR count). The zero-order valence-electron chi connectivity index (χ0n) is 20.2. The lowest BCUT2D eigenvalue weighted by molar-refractivity contribution is -0.183. The Bertz CT molecular complexity index is 1000. The fourth-order valence-electron chi connectivity index (χ4n) is 9.25. The molecule has 2 aliphatic heterocycles. The van der Waals surface area contributed by atoms with E-state index < -0.39 is 23.3 Å². The van der Waals surface area contributed by atoms with Gasteiger partial charge in [0.1, 0.15) is 12.2 Å². The molecular formula is C27H36O7. The minimum absolute atomic E-state index is 0.0271. The number of aliphatic hydroxyl groups is 3. The van der Waals surface area contributed by atoms with Crippen molar-refractivity contribution in [3.8, 4) is 0 Å². The molecule has 3 N–H and O–H groups in total. The van der Waals surface area contributed by atoms with Crippen molar-refractivity contribution < 1.29 is 34.4 Å². The molecule has 0 amide bonds. The summed E-state index contributed by atoms with van der Waals surface area (Å²) in [6.07, 6.45) is 6.47. The SMILES string of the molecule is CC1=C(CO)C(=O)OC(C(C)C2CCC3C4CC5OC56C(O)C=CC(=O)C6(O)C4CCC23C)C1. The van der Waals surface area contributed by atoms with Gasteiger partial charge in [-0.2, -0.15) is 0 Å². The molecule has 6 aliphatic rings. The van der Waals surface area contributed by atoms with Crippen LogP contribution in [0.5, 0.6) is 0 Å². The molecule has 4 fully saturated rings. The molecule has 7 nitrogen and oxygen atoms in total. The molecule has 0 aromatic rings. The number of rotatable bonds is 3. The minimum Gasteiger partial charge on any atom is -0.458 e. The van der Waals surface area contributed by atoms with Gasteiger partial charge in [0.15, 0.2) is 17.0 Å². The summed E-state index contributed by atoms with van der Waals surface area (Å²) < 4.78 is 11.8. The molecule has 1 saturated heterocycles. The number of hydrogen-bond acceptors (Lipinski definition) is 7. The van der Waals surface area contributed by atoms with E-state index in [2.05, 4.69) is 13.8 Å². The second-order valence-corrected chi connectivity index (χ2v) is 12.1. The number of hydrogen-bond donors (Lipinski definition) is 3. The van der Waals surface area contributed by atoms with Crippen LogP contribution in [0.3, 0.4) is 0 Å². The molecule has 0 bridgehead atoms. The lowest BCUT2D eigenvalue weighted by Gasteiger charge is -2.57. The van der Waals surface area contributed by atoms with E-state index in [9.17, 15) is 24.9 Å². The van der Waals surface area contributed by atoms with Gasteiger partial charge >= 0.3 is 5.97 Å². The molecule has 0 radical (unpaired) electrons. The molecule has 186 valence electrons. The predicted molar refractivity (Wildman–Crippen MR) is 121 cm³/mol. The zero-order chi connectivity index (χ0) is 24.2. The molecule has 1 spiro atoms. The van der Waals surface area contributed by atoms with Crippen LogP contribution in [0.15, 0.2) is 23.3 Å². The number of cyclic esters (lactones) is 1. The summed E-state index contributed by atoms with van der Waals surface area (Å²) in [5.74, 6) is 0.132. The van der Waals surface area contributed by atoms with Gasteiger partial charge < -0.3 is 24.8 Å². The first-order valence-corrected chi connectivity index (χ1v) is 12.9. The number of carbonyl (C=O) groups excluding carboxylic acids is 2. The second-order valence-electron chi connectivity index (χ2n) is 12.1. The Labute approximate surface area is 200 Å². The maximum absolute atomic E-state index is 13.0. The highest BCUT2D eigenvalue weighted by molar-refractivity contribution is 6.00. The number of ketones is 1. The predicted octanol–water partition coefficient (Wildman–Crippen LogP) is 2.08. The van der Waals surface area contributed by atoms with Crippen LogP contribution in [0.4, 0.5) is 0 Å². The van der Waals surface area contributed by atoms with Gasteiger partial charge in [0.2, 0.25) is 0 Å². The van der Waals surface area contributed by atoms with Crippen LogP contribution in [0.1, 0.15) is 59.3 Å². The van der Waals surface area contributed by atoms with E-state index >= 15 is 0 Å². The molecule has 11 unspecified atom stereocenters. The fourth-order valence-corrected chi connectivity index (χ4v) is 9.25. The third-order valence-corrected chi connectivity index (χ3v) is 11.0. The summed E-state index contributed by atoms with van der Waals surface area (Å²) >= 11 is 0. The van der Waals surface area contributed by atoms with Crippen molar-refractivity contribution in [3.05, 3.63) is 23.3 Å². The van der Waals surface area contributed by atoms with E-state index in [0.717, 1.165) is 37.7 Å². The van der Waals surface area contributed by atoms with Gasteiger partial charge in [0, 0.05) is 12.3 Å². The summed E-state index contributed by atoms with van der Waals surface area (Å²) in [7, 11) is 0. The van der Waals surface area contributed by atoms with Crippen molar-refractivity contribution in [1.82, 2.24) is 0 Å². The first kappa shape index (κ1) is 22.9. The van der Waals surface area contributed by atoms with Gasteiger partial charge in [-0.05, 0) is 80.3 Å². The van der Waals surface area contributed by atoms with Crippen LogP contribution in [0, 0.1) is 35.0 Å². The maximum atomic E-state index is 13.0. The van der Waals surface area contributed by atoms with E-state index in [0.29, 0.717) is 23.8 Å². The van der Waals surface area contributed by atoms with E-state index in [4.69, 9.17) is 9.47 Å². The Morgan fingerprint density at radius 1 is 1.21 bits per heavy atom. The van der Waals surface area contributed by atoms with Crippen LogP contribution in [0.25, 0.3) is 0 Å². The van der Waals surface area contributed by atoms with Crippen LogP contribution < -0.4 is 0 Å². The highest BCUT2D eigenvalue weighted by Gasteiger charge is 2.82. The molecule has 7 heteroatoms. The highest BCUT2D eigenvalue weighted by Crippen LogP contribution is 2.70. The average molecular weight is 473 g/mol. The fraction of sp³-hybridized carbons (Fsp3) is 0.778. The van der Waals surface area contributed by atoms with Gasteiger partial charge in [0.25, 0.3) is 0 Å². The first-order chi connectivity index (χ1) is 16.1. The van der Waals surface area contributed by atoms with Crippen LogP contribution in [-0.4, -0.2) is 63.2 Å².